The van der Waals surface area contributed by atoms with E-state index < -0.39 is 5.91 Å². The number of hydrogen-bond donors (Lipinski definition) is 3. The summed E-state index contributed by atoms with van der Waals surface area (Å²) in [6.45, 7) is 2.67. The Bertz CT molecular complexity index is 714. The van der Waals surface area contributed by atoms with E-state index in [0.717, 1.165) is 24.6 Å². The maximum Gasteiger partial charge on any atom is 0.251 e. The lowest BCUT2D eigenvalue weighted by Crippen LogP contribution is -2.40. The number of hydrogen-bond acceptors (Lipinski definition) is 3. The van der Waals surface area contributed by atoms with Crippen molar-refractivity contribution < 1.29 is 9.59 Å². The summed E-state index contributed by atoms with van der Waals surface area (Å²) in [5.74, 6) is 0.0851. The van der Waals surface area contributed by atoms with Crippen molar-refractivity contribution >= 4 is 41.8 Å². The van der Waals surface area contributed by atoms with Crippen LogP contribution in [0.2, 0.25) is 0 Å². The standard InChI is InChI=1S/C20H29N5O2.HI/c1-22-19(25-11-10-20(14-25)8-2-3-9-20)24-12-15-4-6-16(7-5-15)18(27)23-13-17(21)26;/h4-7H,2-3,8-14H2,1H3,(H2,21,26)(H,22,24)(H,23,27);1H. The Morgan fingerprint density at radius 3 is 2.43 bits per heavy atom. The zero-order valence-electron chi connectivity index (χ0n) is 16.4. The molecule has 1 aliphatic heterocycles. The van der Waals surface area contributed by atoms with Gasteiger partial charge in [0.1, 0.15) is 0 Å². The maximum absolute atomic E-state index is 11.9. The minimum atomic E-state index is -0.558. The largest absolute Gasteiger partial charge is 0.368 e. The number of benzene rings is 1. The molecular formula is C20H30IN5O2. The van der Waals surface area contributed by atoms with Gasteiger partial charge in [0.25, 0.3) is 5.91 Å². The fourth-order valence-corrected chi connectivity index (χ4v) is 4.21. The van der Waals surface area contributed by atoms with E-state index >= 15 is 0 Å². The summed E-state index contributed by atoms with van der Waals surface area (Å²) in [4.78, 5) is 29.5. The first-order chi connectivity index (χ1) is 13.0. The molecule has 7 nitrogen and oxygen atoms in total. The summed E-state index contributed by atoms with van der Waals surface area (Å²) < 4.78 is 0. The molecule has 4 N–H and O–H groups in total. The third kappa shape index (κ3) is 5.59. The molecule has 0 unspecified atom stereocenters. The molecule has 1 heterocycles. The molecule has 1 spiro atoms. The number of carbonyl (C=O) groups is 2. The highest BCUT2D eigenvalue weighted by atomic mass is 127. The molecule has 1 saturated heterocycles. The second kappa shape index (κ2) is 10.1. The van der Waals surface area contributed by atoms with Gasteiger partial charge in [-0.3, -0.25) is 14.6 Å². The summed E-state index contributed by atoms with van der Waals surface area (Å²) in [5, 5.41) is 5.92. The van der Waals surface area contributed by atoms with Crippen LogP contribution in [0, 0.1) is 5.41 Å². The van der Waals surface area contributed by atoms with Crippen LogP contribution in [-0.4, -0.2) is 49.4 Å². The number of nitrogens with one attached hydrogen (secondary N) is 2. The average Bonchev–Trinajstić information content (AvgIpc) is 3.31. The van der Waals surface area contributed by atoms with Crippen LogP contribution in [0.1, 0.15) is 48.0 Å². The minimum absolute atomic E-state index is 0. The monoisotopic (exact) mass is 499 g/mol. The zero-order chi connectivity index (χ0) is 19.3. The predicted octanol–water partition coefficient (Wildman–Crippen LogP) is 1.86. The van der Waals surface area contributed by atoms with E-state index in [1.807, 2.05) is 19.2 Å². The van der Waals surface area contributed by atoms with Crippen molar-refractivity contribution in [2.45, 2.75) is 38.6 Å². The second-order valence-corrected chi connectivity index (χ2v) is 7.63. The number of amides is 2. The molecule has 3 rings (SSSR count). The molecule has 0 aromatic heterocycles. The van der Waals surface area contributed by atoms with Gasteiger partial charge in [0, 0.05) is 32.2 Å². The molecular weight excluding hydrogens is 469 g/mol. The van der Waals surface area contributed by atoms with Crippen LogP contribution in [-0.2, 0) is 11.3 Å². The Kier molecular flexibility index (Phi) is 8.09. The molecule has 1 aliphatic carbocycles. The highest BCUT2D eigenvalue weighted by Crippen LogP contribution is 2.45. The molecule has 0 atom stereocenters. The Labute approximate surface area is 183 Å². The lowest BCUT2D eigenvalue weighted by atomic mass is 9.86. The summed E-state index contributed by atoms with van der Waals surface area (Å²) in [6, 6.07) is 7.31. The van der Waals surface area contributed by atoms with Crippen LogP contribution in [0.25, 0.3) is 0 Å². The number of primary amides is 1. The van der Waals surface area contributed by atoms with E-state index in [2.05, 4.69) is 20.5 Å². The van der Waals surface area contributed by atoms with Crippen LogP contribution in [0.15, 0.2) is 29.3 Å². The first-order valence-electron chi connectivity index (χ1n) is 9.62. The van der Waals surface area contributed by atoms with Gasteiger partial charge in [-0.15, -0.1) is 24.0 Å². The number of carbonyl (C=O) groups excluding carboxylic acids is 2. The molecule has 0 radical (unpaired) electrons. The van der Waals surface area contributed by atoms with Gasteiger partial charge >= 0.3 is 0 Å². The number of likely N-dealkylation sites (tertiary alicyclic amines) is 1. The van der Waals surface area contributed by atoms with Crippen molar-refractivity contribution in [3.63, 3.8) is 0 Å². The Morgan fingerprint density at radius 2 is 1.82 bits per heavy atom. The molecule has 0 bridgehead atoms. The summed E-state index contributed by atoms with van der Waals surface area (Å²) in [5.41, 5.74) is 7.12. The van der Waals surface area contributed by atoms with E-state index in [-0.39, 0.29) is 36.4 Å². The summed E-state index contributed by atoms with van der Waals surface area (Å²) >= 11 is 0. The van der Waals surface area contributed by atoms with Gasteiger partial charge < -0.3 is 21.3 Å². The van der Waals surface area contributed by atoms with E-state index in [4.69, 9.17) is 5.73 Å². The van der Waals surface area contributed by atoms with Crippen LogP contribution in [0.4, 0.5) is 0 Å². The topological polar surface area (TPSA) is 99.8 Å². The highest BCUT2D eigenvalue weighted by molar-refractivity contribution is 14.0. The Morgan fingerprint density at radius 1 is 1.14 bits per heavy atom. The third-order valence-electron chi connectivity index (χ3n) is 5.70. The quantitative estimate of drug-likeness (QED) is 0.327. The molecule has 2 aliphatic rings. The third-order valence-corrected chi connectivity index (χ3v) is 5.70. The average molecular weight is 499 g/mol. The van der Waals surface area contributed by atoms with Gasteiger partial charge in [-0.05, 0) is 42.4 Å². The summed E-state index contributed by atoms with van der Waals surface area (Å²) in [7, 11) is 1.83. The van der Waals surface area contributed by atoms with Gasteiger partial charge in [-0.25, -0.2) is 0 Å². The number of halogens is 1. The van der Waals surface area contributed by atoms with Gasteiger partial charge in [-0.2, -0.15) is 0 Å². The number of rotatable bonds is 5. The molecule has 8 heteroatoms. The molecule has 1 aromatic rings. The number of guanidine groups is 1. The van der Waals surface area contributed by atoms with E-state index in [1.54, 1.807) is 12.1 Å². The molecule has 2 amide bonds. The minimum Gasteiger partial charge on any atom is -0.368 e. The lowest BCUT2D eigenvalue weighted by molar-refractivity contribution is -0.117. The first kappa shape index (κ1) is 22.4. The van der Waals surface area contributed by atoms with Gasteiger partial charge in [-0.1, -0.05) is 25.0 Å². The van der Waals surface area contributed by atoms with Crippen molar-refractivity contribution in [2.75, 3.05) is 26.7 Å². The van der Waals surface area contributed by atoms with Crippen molar-refractivity contribution in [1.29, 1.82) is 0 Å². The molecule has 1 saturated carbocycles. The normalized spacial score (nSPS) is 18.0. The molecule has 1 aromatic carbocycles. The number of aliphatic imine (C=N–C) groups is 1. The van der Waals surface area contributed by atoms with Gasteiger partial charge in [0.15, 0.2) is 5.96 Å². The van der Waals surface area contributed by atoms with E-state index in [0.29, 0.717) is 17.5 Å². The Hall–Kier alpha value is -1.84. The number of nitrogens with zero attached hydrogens (tertiary/aromatic N) is 2. The number of nitrogens with two attached hydrogens (primary N) is 1. The van der Waals surface area contributed by atoms with Gasteiger partial charge in [0.2, 0.25) is 5.91 Å². The van der Waals surface area contributed by atoms with Crippen LogP contribution < -0.4 is 16.4 Å². The van der Waals surface area contributed by atoms with Crippen molar-refractivity contribution in [1.82, 2.24) is 15.5 Å². The highest BCUT2D eigenvalue weighted by Gasteiger charge is 2.41. The SMILES string of the molecule is CN=C(NCc1ccc(C(=O)NCC(N)=O)cc1)N1CCC2(CCCC2)C1.I. The fourth-order valence-electron chi connectivity index (χ4n) is 4.21. The van der Waals surface area contributed by atoms with Gasteiger partial charge in [0.05, 0.1) is 6.54 Å². The van der Waals surface area contributed by atoms with Crippen LogP contribution in [0.3, 0.4) is 0 Å². The van der Waals surface area contributed by atoms with E-state index in [9.17, 15) is 9.59 Å². The fraction of sp³-hybridized carbons (Fsp3) is 0.550. The van der Waals surface area contributed by atoms with Crippen LogP contribution in [0.5, 0.6) is 0 Å². The smallest absolute Gasteiger partial charge is 0.251 e. The molecule has 154 valence electrons. The Balaban J connectivity index is 0.00000280. The maximum atomic E-state index is 11.9. The summed E-state index contributed by atoms with van der Waals surface area (Å²) in [6.07, 6.45) is 6.68. The van der Waals surface area contributed by atoms with Crippen molar-refractivity contribution in [2.24, 2.45) is 16.1 Å². The van der Waals surface area contributed by atoms with Crippen molar-refractivity contribution in [3.05, 3.63) is 35.4 Å². The predicted molar refractivity (Wildman–Crippen MR) is 121 cm³/mol. The lowest BCUT2D eigenvalue weighted by Gasteiger charge is -2.26. The molecule has 28 heavy (non-hydrogen) atoms. The second-order valence-electron chi connectivity index (χ2n) is 7.63. The van der Waals surface area contributed by atoms with Crippen molar-refractivity contribution in [3.8, 4) is 0 Å². The van der Waals surface area contributed by atoms with E-state index in [1.165, 1.54) is 32.1 Å². The zero-order valence-corrected chi connectivity index (χ0v) is 18.7. The first-order valence-corrected chi connectivity index (χ1v) is 9.62. The molecule has 2 fully saturated rings. The van der Waals surface area contributed by atoms with Crippen LogP contribution >= 0.6 is 24.0 Å².